The van der Waals surface area contributed by atoms with Crippen molar-refractivity contribution < 1.29 is 0 Å². The van der Waals surface area contributed by atoms with Crippen LogP contribution in [-0.4, -0.2) is 9.55 Å². The molecule has 0 saturated heterocycles. The molecule has 0 amide bonds. The van der Waals surface area contributed by atoms with Crippen LogP contribution in [0.1, 0.15) is 52.1 Å². The minimum absolute atomic E-state index is 0.0155. The first-order chi connectivity index (χ1) is 7.91. The minimum Gasteiger partial charge on any atom is -0.384 e. The van der Waals surface area contributed by atoms with Crippen LogP contribution < -0.4 is 5.73 Å². The zero-order chi connectivity index (χ0) is 13.1. The van der Waals surface area contributed by atoms with Gasteiger partial charge < -0.3 is 10.3 Å². The number of aromatic nitrogens is 2. The van der Waals surface area contributed by atoms with Crippen LogP contribution in [0.15, 0.2) is 12.7 Å². The number of hydrogen-bond acceptors (Lipinski definition) is 2. The SMILES string of the molecule is C=CCn1c(C(C)(C)C)nc(CCCC)c1N. The number of allylic oxidation sites excluding steroid dienone is 1. The fourth-order valence-corrected chi connectivity index (χ4v) is 1.93. The van der Waals surface area contributed by atoms with Gasteiger partial charge in [-0.05, 0) is 12.8 Å². The molecule has 1 heterocycles. The number of imidazole rings is 1. The molecule has 0 spiro atoms. The van der Waals surface area contributed by atoms with Crippen LogP contribution in [0.4, 0.5) is 5.82 Å². The van der Waals surface area contributed by atoms with Crippen LogP contribution in [0.2, 0.25) is 0 Å². The first-order valence-electron chi connectivity index (χ1n) is 6.38. The summed E-state index contributed by atoms with van der Waals surface area (Å²) in [5.74, 6) is 1.87. The molecule has 2 N–H and O–H groups in total. The molecule has 1 aromatic rings. The molecular formula is C14H25N3. The second-order valence-electron chi connectivity index (χ2n) is 5.52. The Morgan fingerprint density at radius 1 is 1.41 bits per heavy atom. The molecule has 1 rings (SSSR count). The van der Waals surface area contributed by atoms with E-state index in [9.17, 15) is 0 Å². The molecular weight excluding hydrogens is 210 g/mol. The Bertz CT molecular complexity index is 383. The predicted octanol–water partition coefficient (Wildman–Crippen LogP) is 3.29. The third-order valence-corrected chi connectivity index (χ3v) is 2.83. The highest BCUT2D eigenvalue weighted by Crippen LogP contribution is 2.26. The van der Waals surface area contributed by atoms with E-state index in [1.54, 1.807) is 0 Å². The van der Waals surface area contributed by atoms with Crippen molar-refractivity contribution in [2.24, 2.45) is 0 Å². The lowest BCUT2D eigenvalue weighted by atomic mass is 9.95. The Balaban J connectivity index is 3.15. The van der Waals surface area contributed by atoms with Crippen LogP contribution in [0.3, 0.4) is 0 Å². The lowest BCUT2D eigenvalue weighted by Crippen LogP contribution is -2.19. The average Bonchev–Trinajstić information content (AvgIpc) is 2.54. The summed E-state index contributed by atoms with van der Waals surface area (Å²) in [5, 5.41) is 0. The van der Waals surface area contributed by atoms with Gasteiger partial charge in [0.15, 0.2) is 0 Å². The van der Waals surface area contributed by atoms with Crippen LogP contribution in [0.25, 0.3) is 0 Å². The molecule has 0 aliphatic heterocycles. The van der Waals surface area contributed by atoms with Crippen molar-refractivity contribution in [3.8, 4) is 0 Å². The molecule has 3 nitrogen and oxygen atoms in total. The molecule has 0 aliphatic carbocycles. The van der Waals surface area contributed by atoms with E-state index >= 15 is 0 Å². The zero-order valence-corrected chi connectivity index (χ0v) is 11.6. The molecule has 3 heteroatoms. The number of hydrogen-bond donors (Lipinski definition) is 1. The van der Waals surface area contributed by atoms with E-state index in [0.29, 0.717) is 0 Å². The molecule has 0 fully saturated rings. The summed E-state index contributed by atoms with van der Waals surface area (Å²) < 4.78 is 2.08. The second kappa shape index (κ2) is 5.39. The first kappa shape index (κ1) is 13.8. The van der Waals surface area contributed by atoms with Gasteiger partial charge in [-0.25, -0.2) is 4.98 Å². The minimum atomic E-state index is 0.0155. The largest absolute Gasteiger partial charge is 0.384 e. The van der Waals surface area contributed by atoms with Crippen molar-refractivity contribution in [2.45, 2.75) is 58.9 Å². The number of nitrogens with zero attached hydrogens (tertiary/aromatic N) is 2. The molecule has 0 radical (unpaired) electrons. The fraction of sp³-hybridized carbons (Fsp3) is 0.643. The Labute approximate surface area is 105 Å². The van der Waals surface area contributed by atoms with Crippen molar-refractivity contribution in [3.05, 3.63) is 24.2 Å². The maximum absolute atomic E-state index is 6.18. The van der Waals surface area contributed by atoms with Gasteiger partial charge in [0.05, 0.1) is 5.69 Å². The van der Waals surface area contributed by atoms with Gasteiger partial charge in [0.2, 0.25) is 0 Å². The Hall–Kier alpha value is -1.25. The molecule has 1 aromatic heterocycles. The Kier molecular flexibility index (Phi) is 4.38. The molecule has 17 heavy (non-hydrogen) atoms. The summed E-state index contributed by atoms with van der Waals surface area (Å²) in [7, 11) is 0. The highest BCUT2D eigenvalue weighted by molar-refractivity contribution is 5.40. The monoisotopic (exact) mass is 235 g/mol. The fourth-order valence-electron chi connectivity index (χ4n) is 1.93. The molecule has 0 bridgehead atoms. The summed E-state index contributed by atoms with van der Waals surface area (Å²) in [4.78, 5) is 4.73. The lowest BCUT2D eigenvalue weighted by Gasteiger charge is -2.19. The normalized spacial score (nSPS) is 11.8. The third kappa shape index (κ3) is 3.11. The number of anilines is 1. The van der Waals surface area contributed by atoms with E-state index in [2.05, 4.69) is 38.8 Å². The van der Waals surface area contributed by atoms with E-state index in [1.807, 2.05) is 6.08 Å². The van der Waals surface area contributed by atoms with Gasteiger partial charge in [0.1, 0.15) is 11.6 Å². The number of rotatable bonds is 5. The standard InChI is InChI=1S/C14H25N3/c1-6-8-9-11-12(15)17(10-7-2)13(16-11)14(3,4)5/h7H,2,6,8-10,15H2,1,3-5H3. The summed E-state index contributed by atoms with van der Waals surface area (Å²) in [6.07, 6.45) is 5.14. The molecule has 0 aliphatic rings. The van der Waals surface area contributed by atoms with E-state index in [4.69, 9.17) is 10.7 Å². The number of aryl methyl sites for hydroxylation is 1. The Morgan fingerprint density at radius 2 is 2.06 bits per heavy atom. The topological polar surface area (TPSA) is 43.8 Å². The van der Waals surface area contributed by atoms with Gasteiger partial charge in [-0.3, -0.25) is 0 Å². The Morgan fingerprint density at radius 3 is 2.53 bits per heavy atom. The van der Waals surface area contributed by atoms with Gasteiger partial charge in [-0.1, -0.05) is 40.2 Å². The lowest BCUT2D eigenvalue weighted by molar-refractivity contribution is 0.514. The summed E-state index contributed by atoms with van der Waals surface area (Å²) in [5.41, 5.74) is 7.24. The van der Waals surface area contributed by atoms with Crippen molar-refractivity contribution >= 4 is 5.82 Å². The van der Waals surface area contributed by atoms with Crippen LogP contribution >= 0.6 is 0 Å². The average molecular weight is 235 g/mol. The van der Waals surface area contributed by atoms with Gasteiger partial charge in [-0.15, -0.1) is 6.58 Å². The van der Waals surface area contributed by atoms with Gasteiger partial charge in [0, 0.05) is 12.0 Å². The quantitative estimate of drug-likeness (QED) is 0.796. The molecule has 0 saturated carbocycles. The zero-order valence-electron chi connectivity index (χ0n) is 11.6. The van der Waals surface area contributed by atoms with E-state index in [-0.39, 0.29) is 5.41 Å². The highest BCUT2D eigenvalue weighted by Gasteiger charge is 2.23. The van der Waals surface area contributed by atoms with Crippen LogP contribution in [0.5, 0.6) is 0 Å². The van der Waals surface area contributed by atoms with Crippen molar-refractivity contribution in [3.63, 3.8) is 0 Å². The second-order valence-corrected chi connectivity index (χ2v) is 5.52. The van der Waals surface area contributed by atoms with E-state index in [1.165, 1.54) is 6.42 Å². The summed E-state index contributed by atoms with van der Waals surface area (Å²) in [6.45, 7) is 13.2. The number of nitrogen functional groups attached to an aromatic ring is 1. The molecule has 0 aromatic carbocycles. The number of nitrogens with two attached hydrogens (primary N) is 1. The van der Waals surface area contributed by atoms with Gasteiger partial charge in [-0.2, -0.15) is 0 Å². The van der Waals surface area contributed by atoms with Crippen molar-refractivity contribution in [1.82, 2.24) is 9.55 Å². The van der Waals surface area contributed by atoms with Crippen molar-refractivity contribution in [2.75, 3.05) is 5.73 Å². The summed E-state index contributed by atoms with van der Waals surface area (Å²) >= 11 is 0. The smallest absolute Gasteiger partial charge is 0.127 e. The van der Waals surface area contributed by atoms with Gasteiger partial charge in [0.25, 0.3) is 0 Å². The van der Waals surface area contributed by atoms with Gasteiger partial charge >= 0.3 is 0 Å². The van der Waals surface area contributed by atoms with Crippen molar-refractivity contribution in [1.29, 1.82) is 0 Å². The molecule has 0 atom stereocenters. The van der Waals surface area contributed by atoms with Crippen LogP contribution in [0, 0.1) is 0 Å². The summed E-state index contributed by atoms with van der Waals surface area (Å²) in [6, 6.07) is 0. The number of unbranched alkanes of at least 4 members (excludes halogenated alkanes) is 1. The predicted molar refractivity (Wildman–Crippen MR) is 74.1 cm³/mol. The molecule has 0 unspecified atom stereocenters. The maximum Gasteiger partial charge on any atom is 0.127 e. The first-order valence-corrected chi connectivity index (χ1v) is 6.38. The third-order valence-electron chi connectivity index (χ3n) is 2.83. The highest BCUT2D eigenvalue weighted by atomic mass is 15.1. The molecule has 96 valence electrons. The van der Waals surface area contributed by atoms with Crippen LogP contribution in [-0.2, 0) is 18.4 Å². The van der Waals surface area contributed by atoms with E-state index < -0.39 is 0 Å². The van der Waals surface area contributed by atoms with E-state index in [0.717, 1.165) is 36.7 Å². The maximum atomic E-state index is 6.18.